The summed E-state index contributed by atoms with van der Waals surface area (Å²) in [4.78, 5) is 9.63. The summed E-state index contributed by atoms with van der Waals surface area (Å²) in [5.74, 6) is 0. The second kappa shape index (κ2) is 24.9. The summed E-state index contributed by atoms with van der Waals surface area (Å²) in [7, 11) is -3.83. The monoisotopic (exact) mass is 420 g/mol. The maximum absolute atomic E-state index is 11.7. The molecule has 0 unspecified atom stereocenters. The lowest BCUT2D eigenvalue weighted by molar-refractivity contribution is 0.145. The fraction of sp³-hybridized carbons (Fsp3) is 0.913. The molecule has 0 fully saturated rings. The minimum atomic E-state index is -3.83. The van der Waals surface area contributed by atoms with E-state index >= 15 is 0 Å². The maximum Gasteiger partial charge on any atom is 0.472 e. The van der Waals surface area contributed by atoms with Crippen LogP contribution in [0.15, 0.2) is 12.7 Å². The van der Waals surface area contributed by atoms with Crippen LogP contribution in [-0.2, 0) is 13.6 Å². The highest BCUT2D eigenvalue weighted by Crippen LogP contribution is 2.43. The Morgan fingerprint density at radius 3 is 1.21 bits per heavy atom. The van der Waals surface area contributed by atoms with Gasteiger partial charge in [0, 0.05) is 0 Å². The van der Waals surface area contributed by atoms with Gasteiger partial charge in [0.2, 0.25) is 0 Å². The van der Waals surface area contributed by atoms with E-state index in [1.807, 2.05) is 6.92 Å². The van der Waals surface area contributed by atoms with Crippen LogP contribution in [-0.4, -0.2) is 18.1 Å². The van der Waals surface area contributed by atoms with Gasteiger partial charge < -0.3 is 4.89 Å². The van der Waals surface area contributed by atoms with Crippen LogP contribution in [0.1, 0.15) is 124 Å². The number of rotatable bonds is 20. The Bertz CT molecular complexity index is 321. The van der Waals surface area contributed by atoms with Crippen LogP contribution in [0.2, 0.25) is 0 Å². The van der Waals surface area contributed by atoms with Gasteiger partial charge in [-0.2, -0.15) is 0 Å². The van der Waals surface area contributed by atoms with Crippen LogP contribution < -0.4 is 0 Å². The SMILES string of the molecule is C=CC.CCCCCCCCCCOP(=O)(O)OCCCCCCCCCC. The molecule has 1 N–H and O–H groups in total. The molecule has 0 aromatic carbocycles. The molecule has 0 heterocycles. The molecule has 0 aromatic heterocycles. The third-order valence-electron chi connectivity index (χ3n) is 4.50. The van der Waals surface area contributed by atoms with Gasteiger partial charge in [-0.15, -0.1) is 6.58 Å². The first-order valence-corrected chi connectivity index (χ1v) is 13.2. The van der Waals surface area contributed by atoms with E-state index in [9.17, 15) is 9.46 Å². The van der Waals surface area contributed by atoms with E-state index in [2.05, 4.69) is 20.4 Å². The molecule has 0 amide bonds. The van der Waals surface area contributed by atoms with Gasteiger partial charge in [-0.25, -0.2) is 4.57 Å². The molecule has 5 heteroatoms. The van der Waals surface area contributed by atoms with Gasteiger partial charge in [0.1, 0.15) is 0 Å². The second-order valence-corrected chi connectivity index (χ2v) is 8.95. The molecule has 0 aromatic rings. The van der Waals surface area contributed by atoms with Crippen molar-refractivity contribution < 1.29 is 18.5 Å². The third-order valence-corrected chi connectivity index (χ3v) is 5.52. The first kappa shape index (κ1) is 30.0. The zero-order chi connectivity index (χ0) is 21.3. The van der Waals surface area contributed by atoms with Gasteiger partial charge in [-0.05, 0) is 19.8 Å². The smallest absolute Gasteiger partial charge is 0.302 e. The van der Waals surface area contributed by atoms with Gasteiger partial charge in [0.05, 0.1) is 13.2 Å². The lowest BCUT2D eigenvalue weighted by Crippen LogP contribution is -1.99. The van der Waals surface area contributed by atoms with Crippen molar-refractivity contribution in [2.24, 2.45) is 0 Å². The standard InChI is InChI=1S/C20H43O4P.C3H6/c1-3-5-7-9-11-13-15-17-19-23-25(21,22)24-20-18-16-14-12-10-8-6-4-2;1-3-2/h3-20H2,1-2H3,(H,21,22);3H,1H2,2H3. The second-order valence-electron chi connectivity index (χ2n) is 7.49. The molecule has 0 spiro atoms. The molecule has 0 aliphatic rings. The van der Waals surface area contributed by atoms with E-state index in [1.165, 1.54) is 77.0 Å². The summed E-state index contributed by atoms with van der Waals surface area (Å²) >= 11 is 0. The highest BCUT2D eigenvalue weighted by molar-refractivity contribution is 7.47. The van der Waals surface area contributed by atoms with E-state index in [1.54, 1.807) is 6.08 Å². The van der Waals surface area contributed by atoms with Gasteiger partial charge in [0.15, 0.2) is 0 Å². The van der Waals surface area contributed by atoms with Crippen molar-refractivity contribution >= 4 is 7.82 Å². The summed E-state index contributed by atoms with van der Waals surface area (Å²) in [5, 5.41) is 0. The molecule has 0 radical (unpaired) electrons. The van der Waals surface area contributed by atoms with E-state index in [0.717, 1.165) is 25.7 Å². The van der Waals surface area contributed by atoms with Crippen molar-refractivity contribution in [3.63, 3.8) is 0 Å². The van der Waals surface area contributed by atoms with E-state index in [0.29, 0.717) is 13.2 Å². The molecule has 170 valence electrons. The topological polar surface area (TPSA) is 55.8 Å². The summed E-state index contributed by atoms with van der Waals surface area (Å²) in [5.41, 5.74) is 0. The van der Waals surface area contributed by atoms with Crippen molar-refractivity contribution in [2.45, 2.75) is 124 Å². The van der Waals surface area contributed by atoms with E-state index < -0.39 is 7.82 Å². The molecule has 0 saturated carbocycles. The molecule has 0 aliphatic heterocycles. The van der Waals surface area contributed by atoms with E-state index in [4.69, 9.17) is 9.05 Å². The van der Waals surface area contributed by atoms with Crippen LogP contribution in [0.4, 0.5) is 0 Å². The highest BCUT2D eigenvalue weighted by Gasteiger charge is 2.19. The number of hydrogen-bond donors (Lipinski definition) is 1. The molecule has 0 bridgehead atoms. The zero-order valence-electron chi connectivity index (χ0n) is 19.1. The maximum atomic E-state index is 11.7. The van der Waals surface area contributed by atoms with Crippen LogP contribution in [0, 0.1) is 0 Å². The molecule has 28 heavy (non-hydrogen) atoms. The Balaban J connectivity index is 0. The van der Waals surface area contributed by atoms with E-state index in [-0.39, 0.29) is 0 Å². The van der Waals surface area contributed by atoms with Crippen LogP contribution >= 0.6 is 7.82 Å². The van der Waals surface area contributed by atoms with Crippen LogP contribution in [0.3, 0.4) is 0 Å². The van der Waals surface area contributed by atoms with Gasteiger partial charge >= 0.3 is 7.82 Å². The number of allylic oxidation sites excluding steroid dienone is 1. The Labute approximate surface area is 176 Å². The predicted octanol–water partition coefficient (Wildman–Crippen LogP) is 8.59. The first-order chi connectivity index (χ1) is 13.5. The molecule has 0 aliphatic carbocycles. The van der Waals surface area contributed by atoms with Gasteiger partial charge in [-0.1, -0.05) is 110 Å². The minimum absolute atomic E-state index is 0.320. The Hall–Kier alpha value is -0.150. The highest BCUT2D eigenvalue weighted by atomic mass is 31.2. The third kappa shape index (κ3) is 28.1. The fourth-order valence-electron chi connectivity index (χ4n) is 2.87. The quantitative estimate of drug-likeness (QED) is 0.122. The first-order valence-electron chi connectivity index (χ1n) is 11.7. The van der Waals surface area contributed by atoms with Crippen molar-refractivity contribution in [1.29, 1.82) is 0 Å². The number of phosphoric ester groups is 1. The summed E-state index contributed by atoms with van der Waals surface area (Å²) in [6.45, 7) is 10.3. The predicted molar refractivity (Wildman–Crippen MR) is 123 cm³/mol. The summed E-state index contributed by atoms with van der Waals surface area (Å²) < 4.78 is 21.8. The average molecular weight is 421 g/mol. The van der Waals surface area contributed by atoms with Crippen molar-refractivity contribution in [3.8, 4) is 0 Å². The summed E-state index contributed by atoms with van der Waals surface area (Å²) in [6, 6.07) is 0. The van der Waals surface area contributed by atoms with Crippen molar-refractivity contribution in [2.75, 3.05) is 13.2 Å². The lowest BCUT2D eigenvalue weighted by Gasteiger charge is -2.12. The van der Waals surface area contributed by atoms with Gasteiger partial charge in [0.25, 0.3) is 0 Å². The molecule has 0 atom stereocenters. The number of phosphoric acid groups is 1. The largest absolute Gasteiger partial charge is 0.472 e. The Kier molecular flexibility index (Phi) is 26.7. The molecular formula is C23H49O4P. The Morgan fingerprint density at radius 1 is 0.679 bits per heavy atom. The van der Waals surface area contributed by atoms with Crippen molar-refractivity contribution in [3.05, 3.63) is 12.7 Å². The van der Waals surface area contributed by atoms with Crippen LogP contribution in [0.5, 0.6) is 0 Å². The molecular weight excluding hydrogens is 371 g/mol. The van der Waals surface area contributed by atoms with Crippen LogP contribution in [0.25, 0.3) is 0 Å². The van der Waals surface area contributed by atoms with Crippen molar-refractivity contribution in [1.82, 2.24) is 0 Å². The minimum Gasteiger partial charge on any atom is -0.302 e. The lowest BCUT2D eigenvalue weighted by atomic mass is 10.1. The normalized spacial score (nSPS) is 11.1. The summed E-state index contributed by atoms with van der Waals surface area (Å²) in [6.07, 6.45) is 20.9. The fourth-order valence-corrected chi connectivity index (χ4v) is 3.66. The Morgan fingerprint density at radius 2 is 0.929 bits per heavy atom. The molecule has 0 rings (SSSR count). The number of hydrogen-bond acceptors (Lipinski definition) is 3. The zero-order valence-corrected chi connectivity index (χ0v) is 20.0. The molecule has 0 saturated heterocycles. The number of unbranched alkanes of at least 4 members (excludes halogenated alkanes) is 14. The average Bonchev–Trinajstić information content (AvgIpc) is 2.66. The molecule has 4 nitrogen and oxygen atoms in total. The van der Waals surface area contributed by atoms with Gasteiger partial charge in [-0.3, -0.25) is 9.05 Å².